The van der Waals surface area contributed by atoms with Crippen LogP contribution >= 0.6 is 23.1 Å². The smallest absolute Gasteiger partial charge is 0.321 e. The number of thioether (sulfide) groups is 1. The Morgan fingerprint density at radius 1 is 1.28 bits per heavy atom. The summed E-state index contributed by atoms with van der Waals surface area (Å²) in [5, 5.41) is 4.74. The van der Waals surface area contributed by atoms with Crippen molar-refractivity contribution in [2.75, 3.05) is 12.4 Å². The van der Waals surface area contributed by atoms with Crippen molar-refractivity contribution >= 4 is 51.2 Å². The lowest BCUT2D eigenvalue weighted by Gasteiger charge is -2.06. The maximum atomic E-state index is 11.7. The highest BCUT2D eigenvalue weighted by atomic mass is 32.2. The van der Waals surface area contributed by atoms with Crippen molar-refractivity contribution in [1.82, 2.24) is 15.6 Å². The van der Waals surface area contributed by atoms with Gasteiger partial charge in [-0.15, -0.1) is 11.3 Å². The second kappa shape index (κ2) is 8.30. The van der Waals surface area contributed by atoms with Crippen LogP contribution in [0.1, 0.15) is 19.3 Å². The van der Waals surface area contributed by atoms with E-state index in [-0.39, 0.29) is 12.5 Å². The number of nitrogens with one attached hydrogen (secondary N) is 2. The highest BCUT2D eigenvalue weighted by Crippen LogP contribution is 2.29. The van der Waals surface area contributed by atoms with E-state index < -0.39 is 24.5 Å². The average Bonchev–Trinajstić information content (AvgIpc) is 3.28. The molecule has 2 N–H and O–H groups in total. The summed E-state index contributed by atoms with van der Waals surface area (Å²) in [6, 6.07) is 7.46. The fourth-order valence-electron chi connectivity index (χ4n) is 1.96. The van der Waals surface area contributed by atoms with Gasteiger partial charge in [0.05, 0.1) is 16.6 Å². The number of thiazole rings is 1. The fraction of sp³-hybridized carbons (Fsp3) is 0.375. The van der Waals surface area contributed by atoms with E-state index in [0.717, 1.165) is 27.4 Å². The molecular formula is C16H17N3O4S2. The second-order valence-electron chi connectivity index (χ2n) is 5.50. The Morgan fingerprint density at radius 2 is 2.08 bits per heavy atom. The molecule has 1 aromatic heterocycles. The summed E-state index contributed by atoms with van der Waals surface area (Å²) in [6.07, 6.45) is 2.04. The zero-order valence-corrected chi connectivity index (χ0v) is 15.0. The molecule has 0 atom stereocenters. The fourth-order valence-corrected chi connectivity index (χ4v) is 4.02. The van der Waals surface area contributed by atoms with Crippen LogP contribution in [-0.4, -0.2) is 41.3 Å². The molecule has 25 heavy (non-hydrogen) atoms. The number of fused-ring (bicyclic) bond motifs is 1. The Labute approximate surface area is 152 Å². The molecule has 1 fully saturated rings. The number of esters is 1. The molecule has 3 amide bonds. The highest BCUT2D eigenvalue weighted by molar-refractivity contribution is 8.01. The molecule has 0 spiro atoms. The molecule has 0 radical (unpaired) electrons. The third-order valence-corrected chi connectivity index (χ3v) is 5.52. The topological polar surface area (TPSA) is 97.4 Å². The summed E-state index contributed by atoms with van der Waals surface area (Å²) in [6.45, 7) is -0.456. The Kier molecular flexibility index (Phi) is 5.87. The van der Waals surface area contributed by atoms with Crippen molar-refractivity contribution in [3.05, 3.63) is 24.3 Å². The quantitative estimate of drug-likeness (QED) is 0.566. The van der Waals surface area contributed by atoms with Crippen molar-refractivity contribution in [3.8, 4) is 0 Å². The number of aromatic nitrogens is 1. The van der Waals surface area contributed by atoms with Crippen LogP contribution in [0.4, 0.5) is 4.79 Å². The molecule has 1 aliphatic carbocycles. The Balaban J connectivity index is 1.32. The Hall–Kier alpha value is -2.13. The number of amides is 3. The number of imide groups is 1. The van der Waals surface area contributed by atoms with E-state index >= 15 is 0 Å². The van der Waals surface area contributed by atoms with Crippen molar-refractivity contribution in [2.24, 2.45) is 0 Å². The van der Waals surface area contributed by atoms with E-state index in [1.165, 1.54) is 11.8 Å². The molecule has 9 heteroatoms. The molecule has 0 bridgehead atoms. The van der Waals surface area contributed by atoms with Crippen LogP contribution in [0.2, 0.25) is 0 Å². The minimum atomic E-state index is -0.634. The molecule has 1 heterocycles. The van der Waals surface area contributed by atoms with Gasteiger partial charge < -0.3 is 10.1 Å². The van der Waals surface area contributed by atoms with Gasteiger partial charge in [-0.3, -0.25) is 14.9 Å². The lowest BCUT2D eigenvalue weighted by Crippen LogP contribution is -2.42. The first-order valence-corrected chi connectivity index (χ1v) is 9.65. The van der Waals surface area contributed by atoms with E-state index in [9.17, 15) is 14.4 Å². The van der Waals surface area contributed by atoms with Gasteiger partial charge in [0.2, 0.25) is 0 Å². The molecule has 7 nitrogen and oxygen atoms in total. The molecular weight excluding hydrogens is 362 g/mol. The van der Waals surface area contributed by atoms with Gasteiger partial charge in [0.25, 0.3) is 5.91 Å². The average molecular weight is 379 g/mol. The van der Waals surface area contributed by atoms with Crippen molar-refractivity contribution in [3.63, 3.8) is 0 Å². The molecule has 1 aromatic carbocycles. The molecule has 1 aliphatic rings. The number of para-hydroxylation sites is 1. The standard InChI is InChI=1S/C16H17N3O4S2/c20-13(19-15(22)17-10-5-6-10)9-23-14(21)7-8-24-16-18-11-3-1-2-4-12(11)25-16/h1-4,10H,5-9H2,(H2,17,19,20,22). The third kappa shape index (κ3) is 5.71. The largest absolute Gasteiger partial charge is 0.456 e. The monoisotopic (exact) mass is 379 g/mol. The van der Waals surface area contributed by atoms with E-state index in [1.807, 2.05) is 24.3 Å². The van der Waals surface area contributed by atoms with Crippen LogP contribution in [0.3, 0.4) is 0 Å². The number of carbonyl (C=O) groups is 3. The molecule has 0 saturated heterocycles. The summed E-state index contributed by atoms with van der Waals surface area (Å²) in [7, 11) is 0. The van der Waals surface area contributed by atoms with E-state index in [4.69, 9.17) is 4.74 Å². The van der Waals surface area contributed by atoms with Crippen LogP contribution in [0, 0.1) is 0 Å². The number of nitrogens with zero attached hydrogens (tertiary/aromatic N) is 1. The van der Waals surface area contributed by atoms with Crippen molar-refractivity contribution < 1.29 is 19.1 Å². The number of ether oxygens (including phenoxy) is 1. The summed E-state index contributed by atoms with van der Waals surface area (Å²) >= 11 is 3.05. The van der Waals surface area contributed by atoms with Crippen LogP contribution in [0.25, 0.3) is 10.2 Å². The van der Waals surface area contributed by atoms with Gasteiger partial charge in [0.15, 0.2) is 10.9 Å². The summed E-state index contributed by atoms with van der Waals surface area (Å²) in [4.78, 5) is 39.0. The first-order valence-electron chi connectivity index (χ1n) is 7.84. The van der Waals surface area contributed by atoms with Crippen molar-refractivity contribution in [2.45, 2.75) is 29.6 Å². The number of carbonyl (C=O) groups excluding carboxylic acids is 3. The van der Waals surface area contributed by atoms with Crippen molar-refractivity contribution in [1.29, 1.82) is 0 Å². The number of benzene rings is 1. The predicted molar refractivity (Wildman–Crippen MR) is 95.6 cm³/mol. The number of urea groups is 1. The van der Waals surface area contributed by atoms with Crippen LogP contribution < -0.4 is 10.6 Å². The van der Waals surface area contributed by atoms with Gasteiger partial charge in [-0.05, 0) is 25.0 Å². The maximum absolute atomic E-state index is 11.7. The van der Waals surface area contributed by atoms with E-state index in [1.54, 1.807) is 11.3 Å². The van der Waals surface area contributed by atoms with Gasteiger partial charge in [-0.1, -0.05) is 23.9 Å². The Bertz CT molecular complexity index is 756. The summed E-state index contributed by atoms with van der Waals surface area (Å²) < 4.78 is 6.86. The number of hydrogen-bond donors (Lipinski definition) is 2. The summed E-state index contributed by atoms with van der Waals surface area (Å²) in [5.41, 5.74) is 0.943. The number of rotatable bonds is 7. The van der Waals surface area contributed by atoms with Crippen LogP contribution in [0.5, 0.6) is 0 Å². The molecule has 2 aromatic rings. The van der Waals surface area contributed by atoms with E-state index in [2.05, 4.69) is 15.6 Å². The summed E-state index contributed by atoms with van der Waals surface area (Å²) in [5.74, 6) is -0.598. The van der Waals surface area contributed by atoms with Gasteiger partial charge in [0.1, 0.15) is 0 Å². The zero-order valence-electron chi connectivity index (χ0n) is 13.3. The third-order valence-electron chi connectivity index (χ3n) is 3.34. The molecule has 3 rings (SSSR count). The lowest BCUT2D eigenvalue weighted by molar-refractivity contribution is -0.147. The first kappa shape index (κ1) is 17.7. The van der Waals surface area contributed by atoms with Crippen LogP contribution in [-0.2, 0) is 14.3 Å². The normalized spacial score (nSPS) is 13.4. The SMILES string of the molecule is O=C(COC(=O)CCSc1nc2ccccc2s1)NC(=O)NC1CC1. The van der Waals surface area contributed by atoms with Gasteiger partial charge in [-0.2, -0.15) is 0 Å². The zero-order chi connectivity index (χ0) is 17.6. The number of hydrogen-bond acceptors (Lipinski definition) is 7. The molecule has 0 unspecified atom stereocenters. The van der Waals surface area contributed by atoms with Gasteiger partial charge >= 0.3 is 12.0 Å². The molecule has 0 aliphatic heterocycles. The Morgan fingerprint density at radius 3 is 2.84 bits per heavy atom. The molecule has 132 valence electrons. The minimum absolute atomic E-state index is 0.162. The van der Waals surface area contributed by atoms with Crippen LogP contribution in [0.15, 0.2) is 28.6 Å². The highest BCUT2D eigenvalue weighted by Gasteiger charge is 2.24. The predicted octanol–water partition coefficient (Wildman–Crippen LogP) is 2.31. The second-order valence-corrected chi connectivity index (χ2v) is 7.88. The lowest BCUT2D eigenvalue weighted by atomic mass is 10.3. The van der Waals surface area contributed by atoms with Gasteiger partial charge in [-0.25, -0.2) is 9.78 Å². The van der Waals surface area contributed by atoms with E-state index in [0.29, 0.717) is 5.75 Å². The first-order chi connectivity index (χ1) is 12.1. The maximum Gasteiger partial charge on any atom is 0.321 e. The van der Waals surface area contributed by atoms with Gasteiger partial charge in [0, 0.05) is 11.8 Å². The molecule has 1 saturated carbocycles. The minimum Gasteiger partial charge on any atom is -0.456 e.